The molecule has 5 rings (SSSR count). The van der Waals surface area contributed by atoms with E-state index in [0.29, 0.717) is 18.0 Å². The number of rotatable bonds is 4. The Morgan fingerprint density at radius 1 is 0.889 bits per heavy atom. The van der Waals surface area contributed by atoms with Gasteiger partial charge in [0.1, 0.15) is 12.4 Å². The Morgan fingerprint density at radius 3 is 2.07 bits per heavy atom. The van der Waals surface area contributed by atoms with Crippen LogP contribution in [0.3, 0.4) is 0 Å². The smallest absolute Gasteiger partial charge is 0.238 e. The van der Waals surface area contributed by atoms with Crippen molar-refractivity contribution in [2.45, 2.75) is 13.0 Å². The first kappa shape index (κ1) is 16.8. The molecule has 27 heavy (non-hydrogen) atoms. The molecule has 2 bridgehead atoms. The number of carbonyl (C=O) groups excluding carboxylic acids is 2. The molecule has 0 spiro atoms. The molecule has 1 saturated heterocycles. The highest BCUT2D eigenvalue weighted by atomic mass is 79.9. The first-order valence-electron chi connectivity index (χ1n) is 9.15. The lowest BCUT2D eigenvalue weighted by Gasteiger charge is -2.17. The third-order valence-corrected chi connectivity index (χ3v) is 6.41. The molecule has 2 aliphatic carbocycles. The van der Waals surface area contributed by atoms with Crippen molar-refractivity contribution in [1.82, 2.24) is 0 Å². The average Bonchev–Trinajstić information content (AvgIpc) is 3.36. The summed E-state index contributed by atoms with van der Waals surface area (Å²) in [5.41, 5.74) is 1.71. The lowest BCUT2D eigenvalue weighted by atomic mass is 9.85. The van der Waals surface area contributed by atoms with Gasteiger partial charge in [-0.2, -0.15) is 0 Å². The quantitative estimate of drug-likeness (QED) is 0.542. The van der Waals surface area contributed by atoms with E-state index >= 15 is 0 Å². The van der Waals surface area contributed by atoms with Gasteiger partial charge in [0.2, 0.25) is 11.8 Å². The minimum atomic E-state index is -0.166. The molecule has 4 nitrogen and oxygen atoms in total. The minimum absolute atomic E-state index is 0.0506. The second-order valence-electron chi connectivity index (χ2n) is 7.42. The number of hydrogen-bond acceptors (Lipinski definition) is 3. The van der Waals surface area contributed by atoms with Crippen molar-refractivity contribution in [3.63, 3.8) is 0 Å². The number of benzene rings is 2. The van der Waals surface area contributed by atoms with E-state index < -0.39 is 0 Å². The number of anilines is 1. The van der Waals surface area contributed by atoms with E-state index in [1.54, 1.807) is 12.1 Å². The van der Waals surface area contributed by atoms with Crippen LogP contribution in [0.2, 0.25) is 0 Å². The topological polar surface area (TPSA) is 46.6 Å². The molecule has 1 saturated carbocycles. The number of hydrogen-bond donors (Lipinski definition) is 0. The number of ether oxygens (including phenoxy) is 1. The summed E-state index contributed by atoms with van der Waals surface area (Å²) in [4.78, 5) is 27.1. The Hall–Kier alpha value is -2.40. The van der Waals surface area contributed by atoms with Gasteiger partial charge in [-0.3, -0.25) is 14.5 Å². The van der Waals surface area contributed by atoms with Crippen LogP contribution in [0.1, 0.15) is 12.0 Å². The van der Waals surface area contributed by atoms with Crippen LogP contribution >= 0.6 is 15.9 Å². The molecular weight excluding hydrogens is 406 g/mol. The number of halogens is 1. The van der Waals surface area contributed by atoms with Gasteiger partial charge < -0.3 is 4.74 Å². The molecule has 5 heteroatoms. The van der Waals surface area contributed by atoms with Gasteiger partial charge in [-0.05, 0) is 60.2 Å². The monoisotopic (exact) mass is 423 g/mol. The van der Waals surface area contributed by atoms with Gasteiger partial charge in [-0.1, -0.05) is 40.2 Å². The number of nitrogens with zero attached hydrogens (tertiary/aromatic N) is 1. The summed E-state index contributed by atoms with van der Waals surface area (Å²) in [6.45, 7) is 0.466. The average molecular weight is 424 g/mol. The lowest BCUT2D eigenvalue weighted by Crippen LogP contribution is -2.32. The van der Waals surface area contributed by atoms with Gasteiger partial charge in [0.25, 0.3) is 0 Å². The van der Waals surface area contributed by atoms with Crippen LogP contribution in [0.5, 0.6) is 5.75 Å². The van der Waals surface area contributed by atoms with Crippen molar-refractivity contribution in [2.75, 3.05) is 4.90 Å². The predicted octanol–water partition coefficient (Wildman–Crippen LogP) is 4.34. The van der Waals surface area contributed by atoms with Crippen molar-refractivity contribution < 1.29 is 14.3 Å². The van der Waals surface area contributed by atoms with Crippen LogP contribution in [-0.4, -0.2) is 11.8 Å². The maximum atomic E-state index is 12.8. The zero-order valence-electron chi connectivity index (χ0n) is 14.5. The number of imide groups is 1. The van der Waals surface area contributed by atoms with E-state index in [2.05, 4.69) is 28.1 Å². The second kappa shape index (κ2) is 6.34. The van der Waals surface area contributed by atoms with Gasteiger partial charge >= 0.3 is 0 Å². The molecule has 2 amide bonds. The fourth-order valence-corrected chi connectivity index (χ4v) is 4.86. The number of fused-ring (bicyclic) bond motifs is 5. The van der Waals surface area contributed by atoms with Crippen LogP contribution in [-0.2, 0) is 16.2 Å². The van der Waals surface area contributed by atoms with E-state index in [9.17, 15) is 9.59 Å². The maximum absolute atomic E-state index is 12.8. The van der Waals surface area contributed by atoms with Crippen LogP contribution < -0.4 is 9.64 Å². The summed E-state index contributed by atoms with van der Waals surface area (Å²) < 4.78 is 6.84. The molecule has 0 N–H and O–H groups in total. The zero-order valence-corrected chi connectivity index (χ0v) is 16.1. The Kier molecular flexibility index (Phi) is 3.93. The molecule has 4 atom stereocenters. The lowest BCUT2D eigenvalue weighted by molar-refractivity contribution is -0.123. The SMILES string of the molecule is O=C1C2C3C=CC(C3)C2C(=O)N1c1ccc(OCc2ccc(Br)cc2)cc1. The molecule has 2 fully saturated rings. The first-order chi connectivity index (χ1) is 13.1. The summed E-state index contributed by atoms with van der Waals surface area (Å²) in [7, 11) is 0. The van der Waals surface area contributed by atoms with Crippen molar-refractivity contribution in [1.29, 1.82) is 0 Å². The number of allylic oxidation sites excluding steroid dienone is 2. The zero-order chi connectivity index (χ0) is 18.5. The van der Waals surface area contributed by atoms with E-state index in [0.717, 1.165) is 16.5 Å². The minimum Gasteiger partial charge on any atom is -0.489 e. The van der Waals surface area contributed by atoms with Gasteiger partial charge in [-0.15, -0.1) is 0 Å². The summed E-state index contributed by atoms with van der Waals surface area (Å²) in [6.07, 6.45) is 5.17. The molecule has 1 aliphatic heterocycles. The van der Waals surface area contributed by atoms with Gasteiger partial charge in [0, 0.05) is 4.47 Å². The molecular formula is C22H18BrNO3. The summed E-state index contributed by atoms with van der Waals surface area (Å²) in [5, 5.41) is 0. The van der Waals surface area contributed by atoms with E-state index in [-0.39, 0.29) is 35.5 Å². The van der Waals surface area contributed by atoms with Crippen LogP contribution in [0, 0.1) is 23.7 Å². The highest BCUT2D eigenvalue weighted by Crippen LogP contribution is 2.53. The summed E-state index contributed by atoms with van der Waals surface area (Å²) >= 11 is 3.42. The fraction of sp³-hybridized carbons (Fsp3) is 0.273. The molecule has 0 radical (unpaired) electrons. The Morgan fingerprint density at radius 2 is 1.48 bits per heavy atom. The van der Waals surface area contributed by atoms with Crippen LogP contribution in [0.15, 0.2) is 65.2 Å². The first-order valence-corrected chi connectivity index (χ1v) is 9.94. The van der Waals surface area contributed by atoms with Crippen molar-refractivity contribution in [3.05, 3.63) is 70.7 Å². The van der Waals surface area contributed by atoms with E-state index in [4.69, 9.17) is 4.74 Å². The molecule has 3 aliphatic rings. The van der Waals surface area contributed by atoms with Gasteiger partial charge in [-0.25, -0.2) is 0 Å². The van der Waals surface area contributed by atoms with Crippen LogP contribution in [0.25, 0.3) is 0 Å². The number of amides is 2. The van der Waals surface area contributed by atoms with E-state index in [1.165, 1.54) is 4.90 Å². The molecule has 2 aromatic carbocycles. The van der Waals surface area contributed by atoms with Crippen LogP contribution in [0.4, 0.5) is 5.69 Å². The molecule has 1 heterocycles. The molecule has 4 unspecified atom stereocenters. The van der Waals surface area contributed by atoms with E-state index in [1.807, 2.05) is 36.4 Å². The Labute approximate surface area is 165 Å². The second-order valence-corrected chi connectivity index (χ2v) is 8.34. The normalized spacial score (nSPS) is 28.1. The fourth-order valence-electron chi connectivity index (χ4n) is 4.60. The van der Waals surface area contributed by atoms with Crippen molar-refractivity contribution in [3.8, 4) is 5.75 Å². The highest BCUT2D eigenvalue weighted by Gasteiger charge is 2.59. The standard InChI is InChI=1S/C22H18BrNO3/c23-16-5-1-13(2-6-16)12-27-18-9-7-17(8-10-18)24-21(25)19-14-3-4-15(11-14)20(19)22(24)26/h1-10,14-15,19-20H,11-12H2. The third kappa shape index (κ3) is 2.72. The Balaban J connectivity index is 1.30. The van der Waals surface area contributed by atoms with Gasteiger partial charge in [0.15, 0.2) is 0 Å². The van der Waals surface area contributed by atoms with Gasteiger partial charge in [0.05, 0.1) is 17.5 Å². The maximum Gasteiger partial charge on any atom is 0.238 e. The third-order valence-electron chi connectivity index (χ3n) is 5.88. The molecule has 2 aromatic rings. The largest absolute Gasteiger partial charge is 0.489 e. The summed E-state index contributed by atoms with van der Waals surface area (Å²) in [6, 6.07) is 15.2. The summed E-state index contributed by atoms with van der Waals surface area (Å²) in [5.74, 6) is 0.741. The highest BCUT2D eigenvalue weighted by molar-refractivity contribution is 9.10. The number of carbonyl (C=O) groups is 2. The Bertz CT molecular complexity index is 905. The molecule has 136 valence electrons. The molecule has 0 aromatic heterocycles. The predicted molar refractivity (Wildman–Crippen MR) is 105 cm³/mol. The van der Waals surface area contributed by atoms with Crippen molar-refractivity contribution in [2.24, 2.45) is 23.7 Å². The van der Waals surface area contributed by atoms with Crippen molar-refractivity contribution >= 4 is 33.4 Å².